The van der Waals surface area contributed by atoms with Gasteiger partial charge in [0.05, 0.1) is 22.5 Å². The maximum Gasteiger partial charge on any atom is 0.573 e. The first-order valence-corrected chi connectivity index (χ1v) is 11.1. The minimum atomic E-state index is -5.07. The number of carbonyl (C=O) groups is 1. The summed E-state index contributed by atoms with van der Waals surface area (Å²) < 4.78 is 97.9. The number of alkyl halides is 6. The molecule has 0 saturated heterocycles. The third-order valence-electron chi connectivity index (χ3n) is 6.15. The van der Waals surface area contributed by atoms with Crippen LogP contribution < -0.4 is 25.4 Å². The number of halogens is 7. The predicted molar refractivity (Wildman–Crippen MR) is 121 cm³/mol. The number of nitrogens with zero attached hydrogens (tertiary/aromatic N) is 2. The summed E-state index contributed by atoms with van der Waals surface area (Å²) in [7, 11) is 0. The Morgan fingerprint density at radius 1 is 0.868 bits per heavy atom. The average Bonchev–Trinajstić information content (AvgIpc) is 2.83. The van der Waals surface area contributed by atoms with Crippen LogP contribution in [-0.2, 0) is 19.1 Å². The molecule has 14 heteroatoms. The molecule has 0 radical (unpaired) electrons. The molecule has 0 aliphatic carbocycles. The fourth-order valence-electron chi connectivity index (χ4n) is 4.55. The van der Waals surface area contributed by atoms with Gasteiger partial charge in [0.1, 0.15) is 18.2 Å². The van der Waals surface area contributed by atoms with Gasteiger partial charge in [-0.15, -0.1) is 13.2 Å². The van der Waals surface area contributed by atoms with Crippen molar-refractivity contribution in [3.8, 4) is 5.75 Å². The molecule has 38 heavy (non-hydrogen) atoms. The molecule has 0 fully saturated rings. The van der Waals surface area contributed by atoms with Crippen LogP contribution in [0.15, 0.2) is 47.3 Å². The van der Waals surface area contributed by atoms with E-state index < -0.39 is 46.7 Å². The molecule has 0 saturated carbocycles. The Labute approximate surface area is 209 Å². The van der Waals surface area contributed by atoms with Crippen molar-refractivity contribution in [2.75, 3.05) is 23.0 Å². The minimum absolute atomic E-state index is 0.0378. The Morgan fingerprint density at radius 2 is 1.61 bits per heavy atom. The van der Waals surface area contributed by atoms with Crippen LogP contribution in [0.4, 0.5) is 47.8 Å². The van der Waals surface area contributed by atoms with Crippen LogP contribution in [0.25, 0.3) is 0 Å². The molecule has 3 heterocycles. The third-order valence-corrected chi connectivity index (χ3v) is 6.15. The molecule has 0 atom stereocenters. The van der Waals surface area contributed by atoms with Crippen LogP contribution in [0, 0.1) is 5.82 Å². The quantitative estimate of drug-likeness (QED) is 0.431. The standard InChI is InChI=1S/C24H17F7N4O3/c25-16-8-14-20(9-15(16)23(26,27)28)34-11-35(22(14)37)19-3-4-21(36)33-17(19)5-6-32-10-12-7-13(1-2-18(12)34)38-24(29,30)31/h1-4,7-9,32H,5-6,10-11H2,(H,33,36). The van der Waals surface area contributed by atoms with Crippen LogP contribution in [0.3, 0.4) is 0 Å². The number of nitrogens with one attached hydrogen (secondary N) is 2. The second-order valence-corrected chi connectivity index (χ2v) is 8.60. The van der Waals surface area contributed by atoms with E-state index in [2.05, 4.69) is 15.0 Å². The molecule has 5 rings (SSSR count). The Kier molecular flexibility index (Phi) is 6.09. The fourth-order valence-corrected chi connectivity index (χ4v) is 4.55. The zero-order chi connectivity index (χ0) is 27.4. The Balaban J connectivity index is 1.75. The first kappa shape index (κ1) is 25.6. The van der Waals surface area contributed by atoms with E-state index in [0.29, 0.717) is 17.8 Å². The molecule has 3 aromatic rings. The van der Waals surface area contributed by atoms with E-state index in [1.54, 1.807) is 0 Å². The first-order valence-electron chi connectivity index (χ1n) is 11.1. The molecule has 0 unspecified atom stereocenters. The summed E-state index contributed by atoms with van der Waals surface area (Å²) >= 11 is 0. The van der Waals surface area contributed by atoms with Gasteiger partial charge in [-0.05, 0) is 42.0 Å². The highest BCUT2D eigenvalue weighted by molar-refractivity contribution is 6.13. The largest absolute Gasteiger partial charge is 0.573 e. The molecule has 2 N–H and O–H groups in total. The topological polar surface area (TPSA) is 77.7 Å². The molecule has 1 aromatic heterocycles. The maximum atomic E-state index is 14.6. The summed E-state index contributed by atoms with van der Waals surface area (Å²) in [5, 5.41) is 3.02. The zero-order valence-electron chi connectivity index (χ0n) is 19.1. The summed E-state index contributed by atoms with van der Waals surface area (Å²) in [5.41, 5.74) is -1.79. The van der Waals surface area contributed by atoms with Crippen molar-refractivity contribution in [3.05, 3.63) is 81.0 Å². The summed E-state index contributed by atoms with van der Waals surface area (Å²) in [6, 6.07) is 6.83. The number of pyridine rings is 1. The van der Waals surface area contributed by atoms with E-state index in [1.807, 2.05) is 0 Å². The number of hydrogen-bond donors (Lipinski definition) is 2. The normalized spacial score (nSPS) is 15.8. The first-order chi connectivity index (χ1) is 17.8. The fraction of sp³-hybridized carbons (Fsp3) is 0.250. The van der Waals surface area contributed by atoms with Gasteiger partial charge in [0, 0.05) is 37.0 Å². The second kappa shape index (κ2) is 9.04. The number of rotatable bonds is 1. The molecule has 2 aromatic carbocycles. The van der Waals surface area contributed by atoms with Crippen molar-refractivity contribution in [2.45, 2.75) is 25.5 Å². The lowest BCUT2D eigenvalue weighted by Crippen LogP contribution is -2.46. The van der Waals surface area contributed by atoms with Crippen LogP contribution in [0.5, 0.6) is 5.75 Å². The molecule has 2 bridgehead atoms. The van der Waals surface area contributed by atoms with Gasteiger partial charge in [0.15, 0.2) is 0 Å². The van der Waals surface area contributed by atoms with Gasteiger partial charge in [-0.1, -0.05) is 0 Å². The lowest BCUT2D eigenvalue weighted by Gasteiger charge is -2.39. The smallest absolute Gasteiger partial charge is 0.406 e. The minimum Gasteiger partial charge on any atom is -0.406 e. The Bertz CT molecular complexity index is 1480. The number of fused-ring (bicyclic) bond motifs is 8. The highest BCUT2D eigenvalue weighted by atomic mass is 19.4. The molecule has 2 aliphatic heterocycles. The van der Waals surface area contributed by atoms with E-state index in [9.17, 15) is 40.3 Å². The van der Waals surface area contributed by atoms with Crippen LogP contribution in [0.1, 0.15) is 27.2 Å². The van der Waals surface area contributed by atoms with Crippen LogP contribution in [0.2, 0.25) is 0 Å². The Hall–Kier alpha value is -4.07. The van der Waals surface area contributed by atoms with Crippen molar-refractivity contribution in [2.24, 2.45) is 0 Å². The number of aromatic amines is 1. The summed E-state index contributed by atoms with van der Waals surface area (Å²) in [6.07, 6.45) is -9.87. The Morgan fingerprint density at radius 3 is 2.32 bits per heavy atom. The van der Waals surface area contributed by atoms with Gasteiger partial charge in [-0.3, -0.25) is 14.5 Å². The van der Waals surface area contributed by atoms with Crippen molar-refractivity contribution in [1.82, 2.24) is 10.3 Å². The highest BCUT2D eigenvalue weighted by Gasteiger charge is 2.40. The van der Waals surface area contributed by atoms with Crippen molar-refractivity contribution in [3.63, 3.8) is 0 Å². The number of amides is 1. The zero-order valence-corrected chi connectivity index (χ0v) is 19.1. The van der Waals surface area contributed by atoms with Crippen molar-refractivity contribution >= 4 is 23.0 Å². The summed E-state index contributed by atoms with van der Waals surface area (Å²) in [5.74, 6) is -3.03. The second-order valence-electron chi connectivity index (χ2n) is 8.60. The molecule has 0 spiro atoms. The number of anilines is 3. The molecular weight excluding hydrogens is 525 g/mol. The van der Waals surface area contributed by atoms with Gasteiger partial charge in [-0.2, -0.15) is 13.2 Å². The molecule has 1 amide bonds. The number of benzene rings is 2. The van der Waals surface area contributed by atoms with E-state index in [0.717, 1.165) is 17.0 Å². The molecule has 2 aliphatic rings. The van der Waals surface area contributed by atoms with Gasteiger partial charge in [0.2, 0.25) is 5.56 Å². The monoisotopic (exact) mass is 542 g/mol. The number of hydrogen-bond acceptors (Lipinski definition) is 5. The van der Waals surface area contributed by atoms with Gasteiger partial charge >= 0.3 is 12.5 Å². The number of H-pyrrole nitrogens is 1. The average molecular weight is 542 g/mol. The SMILES string of the molecule is O=C1c2cc(F)c(C(F)(F)F)cc2N2CN1c1ccc(=O)[nH]c1CCNCc1cc(OC(F)(F)F)ccc12. The maximum absolute atomic E-state index is 14.6. The lowest BCUT2D eigenvalue weighted by molar-refractivity contribution is -0.274. The number of ether oxygens (including phenoxy) is 1. The third kappa shape index (κ3) is 4.78. The van der Waals surface area contributed by atoms with Gasteiger partial charge < -0.3 is 19.9 Å². The number of aromatic nitrogens is 1. The van der Waals surface area contributed by atoms with E-state index in [4.69, 9.17) is 0 Å². The van der Waals surface area contributed by atoms with Crippen molar-refractivity contribution in [1.29, 1.82) is 0 Å². The van der Waals surface area contributed by atoms with Crippen LogP contribution in [-0.4, -0.2) is 30.5 Å². The molecular formula is C24H17F7N4O3. The number of carbonyl (C=O) groups excluding carboxylic acids is 1. The van der Waals surface area contributed by atoms with Gasteiger partial charge in [-0.25, -0.2) is 4.39 Å². The van der Waals surface area contributed by atoms with Crippen LogP contribution >= 0.6 is 0 Å². The molecule has 200 valence electrons. The molecule has 7 nitrogen and oxygen atoms in total. The van der Waals surface area contributed by atoms with Crippen molar-refractivity contribution < 1.29 is 40.3 Å². The van der Waals surface area contributed by atoms with Gasteiger partial charge in [0.25, 0.3) is 5.91 Å². The summed E-state index contributed by atoms with van der Waals surface area (Å²) in [4.78, 5) is 30.5. The summed E-state index contributed by atoms with van der Waals surface area (Å²) in [6.45, 7) is -0.192. The van der Waals surface area contributed by atoms with E-state index >= 15 is 0 Å². The van der Waals surface area contributed by atoms with E-state index in [1.165, 1.54) is 23.1 Å². The van der Waals surface area contributed by atoms with E-state index in [-0.39, 0.29) is 48.8 Å². The highest BCUT2D eigenvalue weighted by Crippen LogP contribution is 2.43. The lowest BCUT2D eigenvalue weighted by atomic mass is 10.0. The predicted octanol–water partition coefficient (Wildman–Crippen LogP) is 4.83.